The van der Waals surface area contributed by atoms with Gasteiger partial charge in [-0.15, -0.1) is 0 Å². The van der Waals surface area contributed by atoms with Crippen LogP contribution in [0.15, 0.2) is 42.5 Å². The maximum atomic E-state index is 13.2. The second-order valence-electron chi connectivity index (χ2n) is 9.16. The van der Waals surface area contributed by atoms with Gasteiger partial charge in [-0.2, -0.15) is 13.2 Å². The fourth-order valence-electron chi connectivity index (χ4n) is 4.73. The van der Waals surface area contributed by atoms with Crippen LogP contribution in [0.3, 0.4) is 0 Å². The summed E-state index contributed by atoms with van der Waals surface area (Å²) in [5.41, 5.74) is 0.908. The van der Waals surface area contributed by atoms with Crippen LogP contribution in [0.2, 0.25) is 5.02 Å². The van der Waals surface area contributed by atoms with Crippen molar-refractivity contribution in [1.82, 2.24) is 9.80 Å². The lowest BCUT2D eigenvalue weighted by Crippen LogP contribution is -2.50. The molecule has 2 aromatic carbocycles. The van der Waals surface area contributed by atoms with Crippen molar-refractivity contribution < 1.29 is 37.0 Å². The Bertz CT molecular complexity index is 1200. The van der Waals surface area contributed by atoms with Gasteiger partial charge in [-0.1, -0.05) is 35.9 Å². The number of carbonyl (C=O) groups is 3. The predicted molar refractivity (Wildman–Crippen MR) is 133 cm³/mol. The van der Waals surface area contributed by atoms with E-state index in [1.807, 2.05) is 24.3 Å². The van der Waals surface area contributed by atoms with Crippen LogP contribution in [-0.4, -0.2) is 66.8 Å². The van der Waals surface area contributed by atoms with Crippen LogP contribution in [0, 0.1) is 0 Å². The number of halogens is 4. The number of para-hydroxylation sites is 1. The van der Waals surface area contributed by atoms with Crippen molar-refractivity contribution >= 4 is 35.4 Å². The summed E-state index contributed by atoms with van der Waals surface area (Å²) in [6.45, 7) is 1.12. The molecular formula is C26H27ClF3N3O5. The molecule has 0 unspecified atom stereocenters. The number of nitrogens with zero attached hydrogens (tertiary/aromatic N) is 2. The van der Waals surface area contributed by atoms with Crippen LogP contribution in [-0.2, 0) is 33.3 Å². The Morgan fingerprint density at radius 3 is 2.53 bits per heavy atom. The van der Waals surface area contributed by atoms with Crippen molar-refractivity contribution in [2.45, 2.75) is 44.0 Å². The van der Waals surface area contributed by atoms with Crippen LogP contribution in [0.1, 0.15) is 29.5 Å². The molecule has 2 heterocycles. The summed E-state index contributed by atoms with van der Waals surface area (Å²) in [4.78, 5) is 41.1. The molecule has 8 nitrogen and oxygen atoms in total. The predicted octanol–water partition coefficient (Wildman–Crippen LogP) is 5.13. The zero-order valence-corrected chi connectivity index (χ0v) is 21.3. The first-order valence-electron chi connectivity index (χ1n) is 12.1. The zero-order valence-electron chi connectivity index (χ0n) is 20.6. The number of hydrogen-bond acceptors (Lipinski definition) is 5. The summed E-state index contributed by atoms with van der Waals surface area (Å²) >= 11 is 5.67. The van der Waals surface area contributed by atoms with E-state index in [1.165, 1.54) is 11.0 Å². The van der Waals surface area contributed by atoms with Crippen LogP contribution >= 0.6 is 11.6 Å². The van der Waals surface area contributed by atoms with Gasteiger partial charge in [-0.3, -0.25) is 0 Å². The molecule has 1 saturated heterocycles. The second kappa shape index (κ2) is 11.5. The minimum absolute atomic E-state index is 0.0837. The van der Waals surface area contributed by atoms with E-state index in [0.29, 0.717) is 25.8 Å². The quantitative estimate of drug-likeness (QED) is 0.518. The lowest BCUT2D eigenvalue weighted by molar-refractivity contribution is -0.151. The molecule has 0 bridgehead atoms. The largest absolute Gasteiger partial charge is 0.466 e. The van der Waals surface area contributed by atoms with Crippen molar-refractivity contribution in [3.63, 3.8) is 0 Å². The number of urea groups is 1. The summed E-state index contributed by atoms with van der Waals surface area (Å²) in [5.74, 6) is -0.891. The molecule has 4 rings (SSSR count). The lowest BCUT2D eigenvalue weighted by atomic mass is 10.0. The number of alkyl halides is 3. The standard InChI is InChI=1S/C26H27ClF3N3O5/c1-37-23(34)22(15-16-6-7-20(27)19(14-16)26(28,29)30)38-25(36)32-11-9-18(10-12-32)33-13-8-17-4-2-3-5-21(17)31-24(33)35/h2-7,14,18,22H,8-13,15H2,1H3,(H,31,35)/t22-/m1/s1. The molecule has 3 amide bonds. The number of amides is 3. The Balaban J connectivity index is 1.36. The van der Waals surface area contributed by atoms with Gasteiger partial charge >= 0.3 is 24.3 Å². The average molecular weight is 554 g/mol. The van der Waals surface area contributed by atoms with E-state index in [2.05, 4.69) is 5.32 Å². The molecule has 0 spiro atoms. The molecular weight excluding hydrogens is 527 g/mol. The summed E-state index contributed by atoms with van der Waals surface area (Å²) in [5, 5.41) is 2.47. The van der Waals surface area contributed by atoms with E-state index >= 15 is 0 Å². The lowest BCUT2D eigenvalue weighted by Gasteiger charge is -2.37. The molecule has 1 N–H and O–H groups in total. The molecule has 0 saturated carbocycles. The first-order chi connectivity index (χ1) is 18.1. The number of likely N-dealkylation sites (tertiary alicyclic amines) is 1. The first kappa shape index (κ1) is 27.6. The number of esters is 1. The molecule has 12 heteroatoms. The van der Waals surface area contributed by atoms with E-state index in [1.54, 1.807) is 4.90 Å². The van der Waals surface area contributed by atoms with E-state index in [9.17, 15) is 27.6 Å². The number of nitrogens with one attached hydrogen (secondary N) is 1. The van der Waals surface area contributed by atoms with Gasteiger partial charge in [0.2, 0.25) is 6.10 Å². The van der Waals surface area contributed by atoms with Gasteiger partial charge in [0.15, 0.2) is 0 Å². The number of ether oxygens (including phenoxy) is 2. The summed E-state index contributed by atoms with van der Waals surface area (Å²) < 4.78 is 49.8. The van der Waals surface area contributed by atoms with Crippen molar-refractivity contribution in [3.05, 3.63) is 64.2 Å². The third-order valence-electron chi connectivity index (χ3n) is 6.77. The highest BCUT2D eigenvalue weighted by Crippen LogP contribution is 2.35. The molecule has 38 heavy (non-hydrogen) atoms. The van der Waals surface area contributed by atoms with Crippen molar-refractivity contribution in [2.24, 2.45) is 0 Å². The molecule has 2 aliphatic heterocycles. The number of rotatable bonds is 5. The Hall–Kier alpha value is -3.47. The molecule has 1 fully saturated rings. The normalized spacial score (nSPS) is 17.2. The van der Waals surface area contributed by atoms with E-state index in [-0.39, 0.29) is 37.1 Å². The fraction of sp³-hybridized carbons (Fsp3) is 0.423. The third kappa shape index (κ3) is 6.32. The number of anilines is 1. The molecule has 0 aliphatic carbocycles. The van der Waals surface area contributed by atoms with E-state index in [0.717, 1.165) is 30.5 Å². The SMILES string of the molecule is COC(=O)[C@@H](Cc1ccc(Cl)c(C(F)(F)F)c1)OC(=O)N1CCC(N2CCc3ccccc3NC2=O)CC1. The highest BCUT2D eigenvalue weighted by Gasteiger charge is 2.36. The molecule has 1 atom stereocenters. The van der Waals surface area contributed by atoms with Crippen LogP contribution in [0.25, 0.3) is 0 Å². The Kier molecular flexibility index (Phi) is 8.35. The van der Waals surface area contributed by atoms with Crippen molar-refractivity contribution in [1.29, 1.82) is 0 Å². The summed E-state index contributed by atoms with van der Waals surface area (Å²) in [6.07, 6.45) is -5.49. The van der Waals surface area contributed by atoms with Crippen LogP contribution in [0.5, 0.6) is 0 Å². The maximum absolute atomic E-state index is 13.2. The van der Waals surface area contributed by atoms with Crippen LogP contribution < -0.4 is 5.32 Å². The molecule has 204 valence electrons. The number of hydrogen-bond donors (Lipinski definition) is 1. The smallest absolute Gasteiger partial charge is 0.417 e. The molecule has 2 aromatic rings. The Labute approximate surface area is 222 Å². The van der Waals surface area contributed by atoms with Gasteiger partial charge in [0.25, 0.3) is 0 Å². The van der Waals surface area contributed by atoms with Gasteiger partial charge in [-0.25, -0.2) is 14.4 Å². The number of carbonyl (C=O) groups excluding carboxylic acids is 3. The number of fused-ring (bicyclic) bond motifs is 1. The average Bonchev–Trinajstić information content (AvgIpc) is 3.06. The number of benzene rings is 2. The third-order valence-corrected chi connectivity index (χ3v) is 7.10. The fourth-order valence-corrected chi connectivity index (χ4v) is 4.95. The van der Waals surface area contributed by atoms with Gasteiger partial charge in [0.1, 0.15) is 0 Å². The Morgan fingerprint density at radius 1 is 1.13 bits per heavy atom. The minimum atomic E-state index is -4.68. The van der Waals surface area contributed by atoms with E-state index < -0.39 is 34.9 Å². The zero-order chi connectivity index (χ0) is 27.4. The number of methoxy groups -OCH3 is 1. The van der Waals surface area contributed by atoms with Gasteiger partial charge in [0.05, 0.1) is 17.7 Å². The topological polar surface area (TPSA) is 88.2 Å². The van der Waals surface area contributed by atoms with Gasteiger partial charge in [0, 0.05) is 37.8 Å². The molecule has 0 radical (unpaired) electrons. The highest BCUT2D eigenvalue weighted by molar-refractivity contribution is 6.31. The highest BCUT2D eigenvalue weighted by atomic mass is 35.5. The summed E-state index contributed by atoms with van der Waals surface area (Å²) in [6, 6.07) is 10.6. The van der Waals surface area contributed by atoms with Crippen molar-refractivity contribution in [3.8, 4) is 0 Å². The Morgan fingerprint density at radius 2 is 1.84 bits per heavy atom. The van der Waals surface area contributed by atoms with Gasteiger partial charge < -0.3 is 24.6 Å². The monoisotopic (exact) mass is 553 g/mol. The minimum Gasteiger partial charge on any atom is -0.466 e. The molecule has 0 aromatic heterocycles. The van der Waals surface area contributed by atoms with Crippen LogP contribution in [0.4, 0.5) is 28.4 Å². The summed E-state index contributed by atoms with van der Waals surface area (Å²) in [7, 11) is 1.10. The van der Waals surface area contributed by atoms with E-state index in [4.69, 9.17) is 21.1 Å². The van der Waals surface area contributed by atoms with Gasteiger partial charge in [-0.05, 0) is 48.6 Å². The number of piperidine rings is 1. The maximum Gasteiger partial charge on any atom is 0.417 e. The molecule has 2 aliphatic rings. The second-order valence-corrected chi connectivity index (χ2v) is 9.57. The first-order valence-corrected chi connectivity index (χ1v) is 12.5. The van der Waals surface area contributed by atoms with Crippen molar-refractivity contribution in [2.75, 3.05) is 32.1 Å².